The number of nitrogens with one attached hydrogen (secondary N) is 1. The number of likely N-dealkylation sites (tertiary alicyclic amines) is 1. The summed E-state index contributed by atoms with van der Waals surface area (Å²) in [4.78, 5) is 20.0. The highest BCUT2D eigenvalue weighted by atomic mass is 35.5. The molecule has 3 rings (SSSR count). The molecule has 1 fully saturated rings. The quantitative estimate of drug-likeness (QED) is 0.798. The Hall–Kier alpha value is -1.14. The second-order valence-electron chi connectivity index (χ2n) is 6.22. The van der Waals surface area contributed by atoms with Crippen LogP contribution in [-0.4, -0.2) is 42.0 Å². The van der Waals surface area contributed by atoms with Crippen LogP contribution < -0.4 is 5.32 Å². The van der Waals surface area contributed by atoms with Crippen molar-refractivity contribution < 1.29 is 4.79 Å². The van der Waals surface area contributed by atoms with Gasteiger partial charge in [0.2, 0.25) is 0 Å². The van der Waals surface area contributed by atoms with Crippen LogP contribution in [0.2, 0.25) is 10.0 Å². The van der Waals surface area contributed by atoms with E-state index in [2.05, 4.69) is 15.2 Å². The highest BCUT2D eigenvalue weighted by molar-refractivity contribution is 7.17. The van der Waals surface area contributed by atoms with Gasteiger partial charge in [-0.05, 0) is 51.1 Å². The number of hydrogen-bond acceptors (Lipinski definition) is 4. The third-order valence-corrected chi connectivity index (χ3v) is 6.08. The minimum atomic E-state index is -0.0728. The standard InChI is InChI=1S/C18H21Cl2N3OS/c1-12-16(17(24)21-7-10-23-8-3-2-4-9-23)25-18(22-12)14-11-13(19)5-6-15(14)20/h5-6,11H,2-4,7-10H2,1H3,(H,21,24). The number of thiazole rings is 1. The fourth-order valence-electron chi connectivity index (χ4n) is 2.97. The maximum absolute atomic E-state index is 12.5. The molecule has 1 N–H and O–H groups in total. The first-order chi connectivity index (χ1) is 12.0. The topological polar surface area (TPSA) is 45.2 Å². The molecule has 0 unspecified atom stereocenters. The second-order valence-corrected chi connectivity index (χ2v) is 8.06. The molecule has 1 amide bonds. The van der Waals surface area contributed by atoms with Crippen molar-refractivity contribution in [1.29, 1.82) is 0 Å². The van der Waals surface area contributed by atoms with Crippen LogP contribution >= 0.6 is 34.5 Å². The number of piperidine rings is 1. The molecule has 25 heavy (non-hydrogen) atoms. The van der Waals surface area contributed by atoms with E-state index >= 15 is 0 Å². The Balaban J connectivity index is 1.65. The van der Waals surface area contributed by atoms with Crippen molar-refractivity contribution in [1.82, 2.24) is 15.2 Å². The van der Waals surface area contributed by atoms with Gasteiger partial charge in [0.25, 0.3) is 5.91 Å². The van der Waals surface area contributed by atoms with Gasteiger partial charge in [0.05, 0.1) is 10.7 Å². The Labute approximate surface area is 162 Å². The van der Waals surface area contributed by atoms with Crippen LogP contribution in [0.4, 0.5) is 0 Å². The molecule has 0 bridgehead atoms. The van der Waals surface area contributed by atoms with E-state index in [1.807, 2.05) is 6.92 Å². The Morgan fingerprint density at radius 2 is 2.04 bits per heavy atom. The minimum absolute atomic E-state index is 0.0728. The number of amides is 1. The molecule has 1 aliphatic heterocycles. The van der Waals surface area contributed by atoms with E-state index in [1.54, 1.807) is 18.2 Å². The fourth-order valence-corrected chi connectivity index (χ4v) is 4.42. The summed E-state index contributed by atoms with van der Waals surface area (Å²) in [6.45, 7) is 5.66. The summed E-state index contributed by atoms with van der Waals surface area (Å²) in [6.07, 6.45) is 3.83. The van der Waals surface area contributed by atoms with Crippen molar-refractivity contribution in [3.8, 4) is 10.6 Å². The SMILES string of the molecule is Cc1nc(-c2cc(Cl)ccc2Cl)sc1C(=O)NCCN1CCCCC1. The van der Waals surface area contributed by atoms with E-state index in [0.717, 1.165) is 25.2 Å². The van der Waals surface area contributed by atoms with Crippen LogP contribution in [0.5, 0.6) is 0 Å². The Bertz CT molecular complexity index is 757. The summed E-state index contributed by atoms with van der Waals surface area (Å²) in [5, 5.41) is 4.90. The molecule has 0 atom stereocenters. The van der Waals surface area contributed by atoms with Crippen LogP contribution in [0, 0.1) is 6.92 Å². The Morgan fingerprint density at radius 1 is 1.28 bits per heavy atom. The van der Waals surface area contributed by atoms with Gasteiger partial charge < -0.3 is 10.2 Å². The molecule has 0 aliphatic carbocycles. The van der Waals surface area contributed by atoms with Crippen molar-refractivity contribution in [2.75, 3.05) is 26.2 Å². The van der Waals surface area contributed by atoms with Gasteiger partial charge in [0.15, 0.2) is 0 Å². The summed E-state index contributed by atoms with van der Waals surface area (Å²) < 4.78 is 0. The van der Waals surface area contributed by atoms with Crippen LogP contribution in [0.1, 0.15) is 34.6 Å². The van der Waals surface area contributed by atoms with E-state index in [9.17, 15) is 4.79 Å². The van der Waals surface area contributed by atoms with Crippen LogP contribution in [-0.2, 0) is 0 Å². The van der Waals surface area contributed by atoms with E-state index in [0.29, 0.717) is 32.2 Å². The minimum Gasteiger partial charge on any atom is -0.350 e. The number of nitrogens with zero attached hydrogens (tertiary/aromatic N) is 2. The number of aryl methyl sites for hydroxylation is 1. The summed E-state index contributed by atoms with van der Waals surface area (Å²) in [6, 6.07) is 5.26. The van der Waals surface area contributed by atoms with Crippen LogP contribution in [0.25, 0.3) is 10.6 Å². The highest BCUT2D eigenvalue weighted by Gasteiger charge is 2.18. The number of carbonyl (C=O) groups is 1. The summed E-state index contributed by atoms with van der Waals surface area (Å²) in [5.41, 5.74) is 1.47. The number of halogens is 2. The second kappa shape index (κ2) is 8.49. The van der Waals surface area contributed by atoms with E-state index in [4.69, 9.17) is 23.2 Å². The maximum Gasteiger partial charge on any atom is 0.263 e. The predicted octanol–water partition coefficient (Wildman–Crippen LogP) is 4.64. The fraction of sp³-hybridized carbons (Fsp3) is 0.444. The summed E-state index contributed by atoms with van der Waals surface area (Å²) >= 11 is 13.6. The molecule has 0 radical (unpaired) electrons. The van der Waals surface area contributed by atoms with E-state index in [-0.39, 0.29) is 5.91 Å². The Morgan fingerprint density at radius 3 is 2.80 bits per heavy atom. The number of carbonyl (C=O) groups excluding carboxylic acids is 1. The van der Waals surface area contributed by atoms with E-state index in [1.165, 1.54) is 30.6 Å². The lowest BCUT2D eigenvalue weighted by Crippen LogP contribution is -2.37. The summed E-state index contributed by atoms with van der Waals surface area (Å²) in [7, 11) is 0. The molecular formula is C18H21Cl2N3OS. The van der Waals surface area contributed by atoms with Gasteiger partial charge >= 0.3 is 0 Å². The van der Waals surface area contributed by atoms with Crippen molar-refractivity contribution in [2.45, 2.75) is 26.2 Å². The van der Waals surface area contributed by atoms with Crippen molar-refractivity contribution >= 4 is 40.4 Å². The largest absolute Gasteiger partial charge is 0.350 e. The number of rotatable bonds is 5. The molecule has 2 aromatic rings. The van der Waals surface area contributed by atoms with Gasteiger partial charge in [0, 0.05) is 23.7 Å². The van der Waals surface area contributed by atoms with Crippen LogP contribution in [0.3, 0.4) is 0 Å². The average molecular weight is 398 g/mol. The van der Waals surface area contributed by atoms with Gasteiger partial charge in [-0.3, -0.25) is 4.79 Å². The zero-order valence-corrected chi connectivity index (χ0v) is 16.5. The lowest BCUT2D eigenvalue weighted by atomic mass is 10.1. The molecule has 1 saturated heterocycles. The first kappa shape index (κ1) is 18.6. The average Bonchev–Trinajstić information content (AvgIpc) is 2.99. The van der Waals surface area contributed by atoms with E-state index < -0.39 is 0 Å². The lowest BCUT2D eigenvalue weighted by Gasteiger charge is -2.26. The summed E-state index contributed by atoms with van der Waals surface area (Å²) in [5.74, 6) is -0.0728. The molecule has 1 aliphatic rings. The molecule has 4 nitrogen and oxygen atoms in total. The normalized spacial score (nSPS) is 15.3. The third-order valence-electron chi connectivity index (χ3n) is 4.32. The van der Waals surface area contributed by atoms with Crippen molar-refractivity contribution in [3.05, 3.63) is 38.8 Å². The molecule has 1 aromatic heterocycles. The molecule has 134 valence electrons. The third kappa shape index (κ3) is 4.73. The molecule has 0 saturated carbocycles. The Kier molecular flexibility index (Phi) is 6.34. The van der Waals surface area contributed by atoms with Gasteiger partial charge in [0.1, 0.15) is 9.88 Å². The highest BCUT2D eigenvalue weighted by Crippen LogP contribution is 2.34. The zero-order chi connectivity index (χ0) is 17.8. The smallest absolute Gasteiger partial charge is 0.263 e. The number of aromatic nitrogens is 1. The van der Waals surface area contributed by atoms with Gasteiger partial charge in [-0.25, -0.2) is 4.98 Å². The molecule has 7 heteroatoms. The molecule has 1 aromatic carbocycles. The van der Waals surface area contributed by atoms with Gasteiger partial charge in [-0.1, -0.05) is 29.6 Å². The van der Waals surface area contributed by atoms with Crippen molar-refractivity contribution in [3.63, 3.8) is 0 Å². The zero-order valence-electron chi connectivity index (χ0n) is 14.1. The first-order valence-electron chi connectivity index (χ1n) is 8.48. The number of hydrogen-bond donors (Lipinski definition) is 1. The molecule has 2 heterocycles. The van der Waals surface area contributed by atoms with Gasteiger partial charge in [-0.2, -0.15) is 0 Å². The first-order valence-corrected chi connectivity index (χ1v) is 10.1. The van der Waals surface area contributed by atoms with Gasteiger partial charge in [-0.15, -0.1) is 11.3 Å². The van der Waals surface area contributed by atoms with Crippen molar-refractivity contribution in [2.24, 2.45) is 0 Å². The maximum atomic E-state index is 12.5. The number of benzene rings is 1. The molecular weight excluding hydrogens is 377 g/mol. The van der Waals surface area contributed by atoms with Crippen LogP contribution in [0.15, 0.2) is 18.2 Å². The predicted molar refractivity (Wildman–Crippen MR) is 105 cm³/mol. The molecule has 0 spiro atoms. The monoisotopic (exact) mass is 397 g/mol. The lowest BCUT2D eigenvalue weighted by molar-refractivity contribution is 0.0950.